The minimum atomic E-state index is -0.395. The Labute approximate surface area is 157 Å². The Bertz CT molecular complexity index is 1250. The molecule has 0 radical (unpaired) electrons. The molecule has 0 atom stereocenters. The van der Waals surface area contributed by atoms with E-state index in [2.05, 4.69) is 9.97 Å². The van der Waals surface area contributed by atoms with Crippen molar-refractivity contribution < 1.29 is 4.74 Å². The fourth-order valence-corrected chi connectivity index (χ4v) is 3.75. The van der Waals surface area contributed by atoms with Gasteiger partial charge in [-0.1, -0.05) is 0 Å². The molecular formula is C18H17N5O3S. The van der Waals surface area contributed by atoms with Crippen molar-refractivity contribution in [2.75, 3.05) is 7.11 Å². The Morgan fingerprint density at radius 2 is 1.85 bits per heavy atom. The monoisotopic (exact) mass is 383 g/mol. The quantitative estimate of drug-likeness (QED) is 0.535. The van der Waals surface area contributed by atoms with E-state index in [0.717, 1.165) is 26.6 Å². The fourth-order valence-electron chi connectivity index (χ4n) is 2.94. The Morgan fingerprint density at radius 3 is 2.56 bits per heavy atom. The molecule has 0 fully saturated rings. The summed E-state index contributed by atoms with van der Waals surface area (Å²) in [6.45, 7) is 0.399. The molecule has 0 bridgehead atoms. The van der Waals surface area contributed by atoms with Crippen LogP contribution in [0.5, 0.6) is 5.75 Å². The Morgan fingerprint density at radius 1 is 1.11 bits per heavy atom. The smallest absolute Gasteiger partial charge is 0.332 e. The number of aryl methyl sites for hydroxylation is 1. The predicted octanol–water partition coefficient (Wildman–Crippen LogP) is 1.61. The number of imidazole rings is 1. The van der Waals surface area contributed by atoms with E-state index < -0.39 is 5.69 Å². The predicted molar refractivity (Wildman–Crippen MR) is 103 cm³/mol. The van der Waals surface area contributed by atoms with Crippen molar-refractivity contribution in [3.05, 3.63) is 62.5 Å². The number of aromatic nitrogens is 5. The van der Waals surface area contributed by atoms with Crippen LogP contribution < -0.4 is 16.0 Å². The molecule has 0 aliphatic heterocycles. The molecule has 4 rings (SSSR count). The molecule has 3 aromatic heterocycles. The largest absolute Gasteiger partial charge is 0.497 e. The van der Waals surface area contributed by atoms with E-state index in [0.29, 0.717) is 17.7 Å². The average Bonchev–Trinajstić information content (AvgIpc) is 3.32. The van der Waals surface area contributed by atoms with Gasteiger partial charge in [-0.05, 0) is 24.3 Å². The molecule has 8 nitrogen and oxygen atoms in total. The normalized spacial score (nSPS) is 11.2. The molecule has 0 saturated heterocycles. The minimum absolute atomic E-state index is 0.365. The van der Waals surface area contributed by atoms with Crippen LogP contribution in [0.1, 0.15) is 5.69 Å². The standard InChI is InChI=1S/C18H17N5O3S/c1-21-15-14(17(24)22(2)18(21)25)23(10-19-15)8-12-9-27-16(20-12)11-4-6-13(26-3)7-5-11/h4-7,9-10H,8H2,1-3H3. The fraction of sp³-hybridized carbons (Fsp3) is 0.222. The summed E-state index contributed by atoms with van der Waals surface area (Å²) in [5.41, 5.74) is 1.82. The molecule has 0 spiro atoms. The van der Waals surface area contributed by atoms with Crippen molar-refractivity contribution in [3.63, 3.8) is 0 Å². The highest BCUT2D eigenvalue weighted by molar-refractivity contribution is 7.13. The summed E-state index contributed by atoms with van der Waals surface area (Å²) in [6, 6.07) is 7.70. The molecule has 0 amide bonds. The minimum Gasteiger partial charge on any atom is -0.497 e. The van der Waals surface area contributed by atoms with E-state index in [4.69, 9.17) is 4.74 Å². The highest BCUT2D eigenvalue weighted by Gasteiger charge is 2.15. The lowest BCUT2D eigenvalue weighted by Gasteiger charge is -2.05. The lowest BCUT2D eigenvalue weighted by atomic mass is 10.2. The van der Waals surface area contributed by atoms with Gasteiger partial charge in [0, 0.05) is 25.0 Å². The van der Waals surface area contributed by atoms with Crippen LogP contribution in [0.2, 0.25) is 0 Å². The second kappa shape index (κ2) is 6.51. The number of fused-ring (bicyclic) bond motifs is 1. The molecule has 0 unspecified atom stereocenters. The van der Waals surface area contributed by atoms with Crippen LogP contribution in [0, 0.1) is 0 Å². The Kier molecular flexibility index (Phi) is 4.15. The first-order valence-corrected chi connectivity index (χ1v) is 9.07. The van der Waals surface area contributed by atoms with E-state index >= 15 is 0 Å². The first-order chi connectivity index (χ1) is 13.0. The summed E-state index contributed by atoms with van der Waals surface area (Å²) in [7, 11) is 4.70. The van der Waals surface area contributed by atoms with Gasteiger partial charge in [0.1, 0.15) is 10.8 Å². The Balaban J connectivity index is 1.70. The van der Waals surface area contributed by atoms with Crippen molar-refractivity contribution in [1.29, 1.82) is 0 Å². The zero-order valence-corrected chi connectivity index (χ0v) is 15.9. The zero-order valence-electron chi connectivity index (χ0n) is 15.0. The van der Waals surface area contributed by atoms with Crippen molar-refractivity contribution in [1.82, 2.24) is 23.7 Å². The summed E-state index contributed by atoms with van der Waals surface area (Å²) in [6.07, 6.45) is 1.57. The maximum Gasteiger partial charge on any atom is 0.332 e. The van der Waals surface area contributed by atoms with Crippen LogP contribution in [0.25, 0.3) is 21.7 Å². The Hall–Kier alpha value is -3.20. The van der Waals surface area contributed by atoms with E-state index in [1.165, 1.54) is 23.0 Å². The average molecular weight is 383 g/mol. The number of hydrogen-bond acceptors (Lipinski definition) is 6. The van der Waals surface area contributed by atoms with Crippen LogP contribution in [0.4, 0.5) is 0 Å². The van der Waals surface area contributed by atoms with E-state index in [-0.39, 0.29) is 5.56 Å². The van der Waals surface area contributed by atoms with E-state index in [1.807, 2.05) is 29.6 Å². The summed E-state index contributed by atoms with van der Waals surface area (Å²) >= 11 is 1.53. The molecule has 3 heterocycles. The van der Waals surface area contributed by atoms with Crippen LogP contribution in [-0.2, 0) is 20.6 Å². The van der Waals surface area contributed by atoms with Gasteiger partial charge in [0.05, 0.1) is 25.7 Å². The van der Waals surface area contributed by atoms with Crippen molar-refractivity contribution in [3.8, 4) is 16.3 Å². The van der Waals surface area contributed by atoms with E-state index in [9.17, 15) is 9.59 Å². The highest BCUT2D eigenvalue weighted by Crippen LogP contribution is 2.26. The van der Waals surface area contributed by atoms with Crippen LogP contribution in [0.3, 0.4) is 0 Å². The SMILES string of the molecule is COc1ccc(-c2nc(Cn3cnc4c3c(=O)n(C)c(=O)n4C)cs2)cc1. The molecular weight excluding hydrogens is 366 g/mol. The summed E-state index contributed by atoms with van der Waals surface area (Å²) < 4.78 is 9.36. The van der Waals surface area contributed by atoms with Gasteiger partial charge in [-0.2, -0.15) is 0 Å². The maximum absolute atomic E-state index is 12.5. The molecule has 1 aromatic carbocycles. The van der Waals surface area contributed by atoms with Gasteiger partial charge in [-0.15, -0.1) is 11.3 Å². The number of methoxy groups -OCH3 is 1. The molecule has 138 valence electrons. The third-order valence-corrected chi connectivity index (χ3v) is 5.38. The second-order valence-electron chi connectivity index (χ2n) is 6.12. The van der Waals surface area contributed by atoms with Crippen molar-refractivity contribution in [2.24, 2.45) is 14.1 Å². The third-order valence-electron chi connectivity index (χ3n) is 4.44. The number of hydrogen-bond donors (Lipinski definition) is 0. The topological polar surface area (TPSA) is 83.9 Å². The molecule has 0 aliphatic rings. The highest BCUT2D eigenvalue weighted by atomic mass is 32.1. The number of rotatable bonds is 4. The first-order valence-electron chi connectivity index (χ1n) is 8.19. The van der Waals surface area contributed by atoms with E-state index in [1.54, 1.807) is 25.1 Å². The molecule has 0 aliphatic carbocycles. The maximum atomic E-state index is 12.5. The van der Waals surface area contributed by atoms with Gasteiger partial charge >= 0.3 is 5.69 Å². The molecule has 27 heavy (non-hydrogen) atoms. The van der Waals surface area contributed by atoms with Gasteiger partial charge in [-0.3, -0.25) is 13.9 Å². The number of benzene rings is 1. The van der Waals surface area contributed by atoms with Crippen molar-refractivity contribution >= 4 is 22.5 Å². The van der Waals surface area contributed by atoms with Crippen LogP contribution >= 0.6 is 11.3 Å². The molecule has 0 saturated carbocycles. The van der Waals surface area contributed by atoms with Gasteiger partial charge in [0.2, 0.25) is 0 Å². The van der Waals surface area contributed by atoms with Gasteiger partial charge in [0.15, 0.2) is 11.2 Å². The summed E-state index contributed by atoms with van der Waals surface area (Å²) in [4.78, 5) is 33.5. The molecule has 0 N–H and O–H groups in total. The third kappa shape index (κ3) is 2.85. The molecule has 4 aromatic rings. The van der Waals surface area contributed by atoms with Gasteiger partial charge in [0.25, 0.3) is 5.56 Å². The molecule has 9 heteroatoms. The van der Waals surface area contributed by atoms with Crippen LogP contribution in [-0.4, -0.2) is 30.8 Å². The number of ether oxygens (including phenoxy) is 1. The number of nitrogens with zero attached hydrogens (tertiary/aromatic N) is 5. The number of thiazole rings is 1. The second-order valence-corrected chi connectivity index (χ2v) is 6.98. The lowest BCUT2D eigenvalue weighted by Crippen LogP contribution is -2.37. The summed E-state index contributed by atoms with van der Waals surface area (Å²) in [5, 5.41) is 2.84. The first kappa shape index (κ1) is 17.2. The zero-order chi connectivity index (χ0) is 19.1. The lowest BCUT2D eigenvalue weighted by molar-refractivity contribution is 0.415. The van der Waals surface area contributed by atoms with Crippen LogP contribution in [0.15, 0.2) is 45.6 Å². The van der Waals surface area contributed by atoms with Gasteiger partial charge < -0.3 is 9.30 Å². The van der Waals surface area contributed by atoms with Gasteiger partial charge in [-0.25, -0.2) is 14.8 Å². The summed E-state index contributed by atoms with van der Waals surface area (Å²) in [5.74, 6) is 0.793. The van der Waals surface area contributed by atoms with Crippen molar-refractivity contribution in [2.45, 2.75) is 6.54 Å².